The third kappa shape index (κ3) is 2.53. The van der Waals surface area contributed by atoms with Crippen LogP contribution < -0.4 is 4.74 Å². The van der Waals surface area contributed by atoms with Gasteiger partial charge in [0, 0.05) is 12.0 Å². The molecule has 0 spiro atoms. The normalized spacial score (nSPS) is 13.5. The highest BCUT2D eigenvalue weighted by Gasteiger charge is 2.29. The van der Waals surface area contributed by atoms with Crippen LogP contribution in [0.25, 0.3) is 0 Å². The van der Waals surface area contributed by atoms with Gasteiger partial charge < -0.3 is 14.9 Å². The lowest BCUT2D eigenvalue weighted by Gasteiger charge is -2.24. The summed E-state index contributed by atoms with van der Waals surface area (Å²) in [5.41, 5.74) is 2.21. The number of aliphatic carboxylic acids is 2. The monoisotopic (exact) mass is 298 g/mol. The lowest BCUT2D eigenvalue weighted by atomic mass is 9.87. The van der Waals surface area contributed by atoms with E-state index in [9.17, 15) is 14.7 Å². The van der Waals surface area contributed by atoms with Gasteiger partial charge in [0.15, 0.2) is 0 Å². The highest BCUT2D eigenvalue weighted by molar-refractivity contribution is 5.83. The van der Waals surface area contributed by atoms with E-state index in [4.69, 9.17) is 9.84 Å². The second kappa shape index (κ2) is 5.52. The number of carboxylic acid groups (broad SMARTS) is 2. The first-order valence-corrected chi connectivity index (χ1v) is 6.88. The summed E-state index contributed by atoms with van der Waals surface area (Å²) >= 11 is 0. The molecule has 0 bridgehead atoms. The van der Waals surface area contributed by atoms with Crippen LogP contribution in [0.4, 0.5) is 0 Å². The van der Waals surface area contributed by atoms with Crippen LogP contribution in [0.1, 0.15) is 29.0 Å². The summed E-state index contributed by atoms with van der Waals surface area (Å²) in [7, 11) is 0. The SMILES string of the molecule is O=C(O)CC(C(=O)O)c1cccc2c1Cc1ccccc1O2. The molecule has 5 heteroatoms. The Bertz CT molecular complexity index is 750. The predicted molar refractivity (Wildman–Crippen MR) is 78.4 cm³/mol. The van der Waals surface area contributed by atoms with Gasteiger partial charge in [0.25, 0.3) is 0 Å². The van der Waals surface area contributed by atoms with E-state index in [0.29, 0.717) is 17.7 Å². The number of benzene rings is 2. The lowest BCUT2D eigenvalue weighted by Crippen LogP contribution is -2.18. The van der Waals surface area contributed by atoms with Gasteiger partial charge in [-0.15, -0.1) is 0 Å². The predicted octanol–water partition coefficient (Wildman–Crippen LogP) is 3.03. The van der Waals surface area contributed by atoms with Gasteiger partial charge in [-0.2, -0.15) is 0 Å². The fraction of sp³-hybridized carbons (Fsp3) is 0.176. The summed E-state index contributed by atoms with van der Waals surface area (Å²) in [5, 5.41) is 18.3. The van der Waals surface area contributed by atoms with Crippen molar-refractivity contribution in [3.05, 3.63) is 59.2 Å². The molecule has 3 rings (SSSR count). The van der Waals surface area contributed by atoms with Crippen LogP contribution >= 0.6 is 0 Å². The molecule has 1 aliphatic heterocycles. The van der Waals surface area contributed by atoms with Crippen molar-refractivity contribution in [3.63, 3.8) is 0 Å². The Morgan fingerprint density at radius 2 is 1.77 bits per heavy atom. The quantitative estimate of drug-likeness (QED) is 0.773. The molecular weight excluding hydrogens is 284 g/mol. The van der Waals surface area contributed by atoms with Crippen molar-refractivity contribution in [1.82, 2.24) is 0 Å². The molecule has 0 aromatic heterocycles. The summed E-state index contributed by atoms with van der Waals surface area (Å²) in [6.45, 7) is 0. The lowest BCUT2D eigenvalue weighted by molar-refractivity contribution is -0.145. The zero-order valence-corrected chi connectivity index (χ0v) is 11.7. The molecule has 2 N–H and O–H groups in total. The van der Waals surface area contributed by atoms with Crippen LogP contribution in [0.2, 0.25) is 0 Å². The van der Waals surface area contributed by atoms with Crippen molar-refractivity contribution in [2.75, 3.05) is 0 Å². The maximum Gasteiger partial charge on any atom is 0.311 e. The molecule has 112 valence electrons. The third-order valence-electron chi connectivity index (χ3n) is 3.78. The minimum absolute atomic E-state index is 0.451. The highest BCUT2D eigenvalue weighted by Crippen LogP contribution is 2.40. The molecule has 2 aromatic rings. The van der Waals surface area contributed by atoms with E-state index in [0.717, 1.165) is 16.9 Å². The van der Waals surface area contributed by atoms with E-state index in [1.807, 2.05) is 24.3 Å². The highest BCUT2D eigenvalue weighted by atomic mass is 16.5. The van der Waals surface area contributed by atoms with Crippen molar-refractivity contribution in [2.24, 2.45) is 0 Å². The van der Waals surface area contributed by atoms with Crippen LogP contribution in [0, 0.1) is 0 Å². The number of rotatable bonds is 4. The van der Waals surface area contributed by atoms with E-state index in [1.54, 1.807) is 18.2 Å². The van der Waals surface area contributed by atoms with E-state index in [1.165, 1.54) is 0 Å². The molecule has 5 nitrogen and oxygen atoms in total. The first kappa shape index (κ1) is 14.1. The van der Waals surface area contributed by atoms with Gasteiger partial charge in [0.2, 0.25) is 0 Å². The first-order chi connectivity index (χ1) is 10.6. The maximum atomic E-state index is 11.5. The Balaban J connectivity index is 2.05. The number of hydrogen-bond acceptors (Lipinski definition) is 3. The van der Waals surface area contributed by atoms with Gasteiger partial charge in [0.05, 0.1) is 12.3 Å². The van der Waals surface area contributed by atoms with Crippen LogP contribution in [0.15, 0.2) is 42.5 Å². The molecule has 1 atom stereocenters. The summed E-state index contributed by atoms with van der Waals surface area (Å²) in [6.07, 6.45) is 0.0819. The zero-order valence-electron chi connectivity index (χ0n) is 11.7. The van der Waals surface area contributed by atoms with E-state index in [-0.39, 0.29) is 0 Å². The molecule has 22 heavy (non-hydrogen) atoms. The van der Waals surface area contributed by atoms with Crippen molar-refractivity contribution < 1.29 is 24.5 Å². The van der Waals surface area contributed by atoms with Crippen LogP contribution in [-0.4, -0.2) is 22.2 Å². The standard InChI is InChI=1S/C17H14O5/c18-16(19)9-13(17(20)21)11-5-3-7-15-12(11)8-10-4-1-2-6-14(10)22-15/h1-7,13H,8-9H2,(H,18,19)(H,20,21). The number of hydrogen-bond donors (Lipinski definition) is 2. The fourth-order valence-electron chi connectivity index (χ4n) is 2.76. The van der Waals surface area contributed by atoms with Crippen LogP contribution in [-0.2, 0) is 16.0 Å². The Morgan fingerprint density at radius 1 is 1.05 bits per heavy atom. The summed E-state index contributed by atoms with van der Waals surface area (Å²) in [5.74, 6) is -2.02. The summed E-state index contributed by atoms with van der Waals surface area (Å²) in [4.78, 5) is 22.4. The minimum atomic E-state index is -1.14. The van der Waals surface area contributed by atoms with Gasteiger partial charge >= 0.3 is 11.9 Å². The topological polar surface area (TPSA) is 83.8 Å². The van der Waals surface area contributed by atoms with E-state index in [2.05, 4.69) is 0 Å². The van der Waals surface area contributed by atoms with Gasteiger partial charge in [-0.05, 0) is 23.3 Å². The summed E-state index contributed by atoms with van der Waals surface area (Å²) in [6, 6.07) is 12.7. The van der Waals surface area contributed by atoms with E-state index < -0.39 is 24.3 Å². The molecule has 0 radical (unpaired) electrons. The Labute approximate surface area is 126 Å². The van der Waals surface area contributed by atoms with Gasteiger partial charge in [0.1, 0.15) is 11.5 Å². The van der Waals surface area contributed by atoms with Crippen molar-refractivity contribution in [2.45, 2.75) is 18.8 Å². The number of ether oxygens (including phenoxy) is 1. The van der Waals surface area contributed by atoms with Crippen molar-refractivity contribution in [1.29, 1.82) is 0 Å². The molecule has 0 fully saturated rings. The second-order valence-corrected chi connectivity index (χ2v) is 5.20. The fourth-order valence-corrected chi connectivity index (χ4v) is 2.76. The first-order valence-electron chi connectivity index (χ1n) is 6.88. The minimum Gasteiger partial charge on any atom is -0.481 e. The molecule has 0 saturated heterocycles. The van der Waals surface area contributed by atoms with Crippen LogP contribution in [0.3, 0.4) is 0 Å². The number of para-hydroxylation sites is 1. The van der Waals surface area contributed by atoms with Crippen molar-refractivity contribution >= 4 is 11.9 Å². The van der Waals surface area contributed by atoms with Gasteiger partial charge in [-0.1, -0.05) is 30.3 Å². The van der Waals surface area contributed by atoms with E-state index >= 15 is 0 Å². The number of carbonyl (C=O) groups is 2. The third-order valence-corrected chi connectivity index (χ3v) is 3.78. The number of fused-ring (bicyclic) bond motifs is 2. The average Bonchev–Trinajstić information content (AvgIpc) is 2.49. The molecule has 0 saturated carbocycles. The molecule has 1 heterocycles. The average molecular weight is 298 g/mol. The summed E-state index contributed by atoms with van der Waals surface area (Å²) < 4.78 is 5.81. The molecule has 1 aliphatic rings. The van der Waals surface area contributed by atoms with Crippen molar-refractivity contribution in [3.8, 4) is 11.5 Å². The Morgan fingerprint density at radius 3 is 2.50 bits per heavy atom. The second-order valence-electron chi connectivity index (χ2n) is 5.20. The molecule has 0 amide bonds. The smallest absolute Gasteiger partial charge is 0.311 e. The maximum absolute atomic E-state index is 11.5. The molecular formula is C17H14O5. The molecule has 0 aliphatic carbocycles. The van der Waals surface area contributed by atoms with Gasteiger partial charge in [-0.3, -0.25) is 9.59 Å². The zero-order chi connectivity index (χ0) is 15.7. The number of carboxylic acids is 2. The molecule has 2 aromatic carbocycles. The Kier molecular flexibility index (Phi) is 3.55. The molecule has 1 unspecified atom stereocenters. The van der Waals surface area contributed by atoms with Gasteiger partial charge in [-0.25, -0.2) is 0 Å². The largest absolute Gasteiger partial charge is 0.481 e. The van der Waals surface area contributed by atoms with Crippen LogP contribution in [0.5, 0.6) is 11.5 Å². The Hall–Kier alpha value is -2.82.